The van der Waals surface area contributed by atoms with E-state index >= 15 is 0 Å². The van der Waals surface area contributed by atoms with Crippen LogP contribution in [0.4, 0.5) is 0 Å². The Bertz CT molecular complexity index is 475. The molecule has 0 amide bonds. The fraction of sp³-hybridized carbons (Fsp3) is 0.526. The van der Waals surface area contributed by atoms with Gasteiger partial charge in [0.1, 0.15) is 5.75 Å². The molecule has 2 rings (SSSR count). The molecule has 3 nitrogen and oxygen atoms in total. The van der Waals surface area contributed by atoms with Crippen molar-refractivity contribution in [3.63, 3.8) is 0 Å². The number of nitrogens with zero attached hydrogens (tertiary/aromatic N) is 1. The third kappa shape index (κ3) is 4.70. The molecule has 1 saturated heterocycles. The van der Waals surface area contributed by atoms with E-state index in [1.165, 1.54) is 24.5 Å². The van der Waals surface area contributed by atoms with E-state index < -0.39 is 0 Å². The molecule has 0 spiro atoms. The number of unbranched alkanes of at least 4 members (excludes halogenated alkanes) is 1. The largest absolute Gasteiger partial charge is 0.494 e. The summed E-state index contributed by atoms with van der Waals surface area (Å²) in [6.07, 6.45) is 6.60. The number of ether oxygens (including phenoxy) is 1. The van der Waals surface area contributed by atoms with Crippen molar-refractivity contribution in [1.29, 1.82) is 0 Å². The molecule has 0 saturated carbocycles. The summed E-state index contributed by atoms with van der Waals surface area (Å²) in [5.41, 5.74) is 1.19. The predicted octanol–water partition coefficient (Wildman–Crippen LogP) is 4.15. The summed E-state index contributed by atoms with van der Waals surface area (Å²) in [5, 5.41) is 0. The van der Waals surface area contributed by atoms with Crippen molar-refractivity contribution < 1.29 is 9.53 Å². The van der Waals surface area contributed by atoms with Gasteiger partial charge in [-0.3, -0.25) is 9.69 Å². The maximum absolute atomic E-state index is 11.8. The first-order valence-electron chi connectivity index (χ1n) is 8.36. The van der Waals surface area contributed by atoms with Gasteiger partial charge in [-0.25, -0.2) is 0 Å². The summed E-state index contributed by atoms with van der Waals surface area (Å²) in [6.45, 7) is 8.67. The van der Waals surface area contributed by atoms with Crippen molar-refractivity contribution in [3.8, 4) is 5.75 Å². The number of hydrogen-bond acceptors (Lipinski definition) is 3. The number of benzene rings is 1. The number of ketones is 1. The molecule has 0 aromatic heterocycles. The van der Waals surface area contributed by atoms with Crippen molar-refractivity contribution in [2.45, 2.75) is 45.1 Å². The zero-order chi connectivity index (χ0) is 15.8. The van der Waals surface area contributed by atoms with E-state index in [2.05, 4.69) is 30.5 Å². The van der Waals surface area contributed by atoms with E-state index in [9.17, 15) is 4.79 Å². The van der Waals surface area contributed by atoms with Gasteiger partial charge in [0.2, 0.25) is 0 Å². The second-order valence-electron chi connectivity index (χ2n) is 5.90. The Labute approximate surface area is 134 Å². The maximum atomic E-state index is 11.8. The summed E-state index contributed by atoms with van der Waals surface area (Å²) < 4.78 is 5.71. The molecular formula is C19H27NO2. The van der Waals surface area contributed by atoms with E-state index in [0.717, 1.165) is 38.3 Å². The van der Waals surface area contributed by atoms with Gasteiger partial charge in [-0.15, -0.1) is 0 Å². The van der Waals surface area contributed by atoms with E-state index in [4.69, 9.17) is 4.74 Å². The molecule has 3 heteroatoms. The first-order valence-corrected chi connectivity index (χ1v) is 8.36. The summed E-state index contributed by atoms with van der Waals surface area (Å²) in [4.78, 5) is 14.2. The molecule has 0 radical (unpaired) electrons. The molecule has 120 valence electrons. The molecule has 1 unspecified atom stereocenters. The van der Waals surface area contributed by atoms with Crippen LogP contribution in [0.2, 0.25) is 0 Å². The summed E-state index contributed by atoms with van der Waals surface area (Å²) in [7, 11) is 0. The molecule has 1 aliphatic rings. The van der Waals surface area contributed by atoms with Crippen LogP contribution in [-0.2, 0) is 4.79 Å². The number of likely N-dealkylation sites (tertiary alicyclic amines) is 1. The Morgan fingerprint density at radius 3 is 2.59 bits per heavy atom. The monoisotopic (exact) mass is 301 g/mol. The molecule has 1 aliphatic heterocycles. The van der Waals surface area contributed by atoms with Crippen molar-refractivity contribution in [1.82, 2.24) is 4.90 Å². The Morgan fingerprint density at radius 1 is 1.32 bits per heavy atom. The average molecular weight is 301 g/mol. The normalized spacial score (nSPS) is 16.4. The predicted molar refractivity (Wildman–Crippen MR) is 90.2 cm³/mol. The smallest absolute Gasteiger partial charge is 0.157 e. The molecule has 1 atom stereocenters. The van der Waals surface area contributed by atoms with Gasteiger partial charge >= 0.3 is 0 Å². The highest BCUT2D eigenvalue weighted by atomic mass is 16.5. The maximum Gasteiger partial charge on any atom is 0.157 e. The van der Waals surface area contributed by atoms with Crippen LogP contribution in [0.15, 0.2) is 36.9 Å². The van der Waals surface area contributed by atoms with Crippen LogP contribution in [0.5, 0.6) is 5.75 Å². The topological polar surface area (TPSA) is 29.5 Å². The van der Waals surface area contributed by atoms with Gasteiger partial charge in [0.25, 0.3) is 0 Å². The number of hydrogen-bond donors (Lipinski definition) is 0. The zero-order valence-corrected chi connectivity index (χ0v) is 13.6. The number of allylic oxidation sites excluding steroid dienone is 1. The highest BCUT2D eigenvalue weighted by Crippen LogP contribution is 2.29. The van der Waals surface area contributed by atoms with E-state index in [0.29, 0.717) is 6.42 Å². The Balaban J connectivity index is 2.05. The van der Waals surface area contributed by atoms with E-state index in [1.807, 2.05) is 12.1 Å². The first-order chi connectivity index (χ1) is 10.7. The standard InChI is InChI=1S/C19H27NO2/c1-3-5-14-22-18-10-8-16(9-11-18)19(15-17(21)4-2)20-12-6-7-13-20/h4,8-11,19H,2-3,5-7,12-15H2,1H3. The number of carbonyl (C=O) groups is 1. The van der Waals surface area contributed by atoms with Gasteiger partial charge in [-0.2, -0.15) is 0 Å². The van der Waals surface area contributed by atoms with Gasteiger partial charge in [0.15, 0.2) is 5.78 Å². The molecule has 1 fully saturated rings. The van der Waals surface area contributed by atoms with E-state index in [-0.39, 0.29) is 11.8 Å². The molecule has 0 bridgehead atoms. The number of rotatable bonds is 9. The third-order valence-electron chi connectivity index (χ3n) is 4.24. The summed E-state index contributed by atoms with van der Waals surface area (Å²) in [6, 6.07) is 8.40. The minimum absolute atomic E-state index is 0.111. The number of carbonyl (C=O) groups excluding carboxylic acids is 1. The van der Waals surface area contributed by atoms with Gasteiger partial charge in [-0.1, -0.05) is 32.1 Å². The average Bonchev–Trinajstić information content (AvgIpc) is 3.07. The Kier molecular flexibility index (Phi) is 6.66. The zero-order valence-electron chi connectivity index (χ0n) is 13.6. The quantitative estimate of drug-likeness (QED) is 0.507. The third-order valence-corrected chi connectivity index (χ3v) is 4.24. The molecule has 1 aromatic rings. The van der Waals surface area contributed by atoms with Gasteiger partial charge in [0.05, 0.1) is 6.61 Å². The fourth-order valence-corrected chi connectivity index (χ4v) is 2.91. The van der Waals surface area contributed by atoms with Gasteiger partial charge in [-0.05, 0) is 56.1 Å². The Hall–Kier alpha value is -1.61. The molecule has 0 N–H and O–H groups in total. The second kappa shape index (κ2) is 8.74. The van der Waals surface area contributed by atoms with Crippen molar-refractivity contribution in [3.05, 3.63) is 42.5 Å². The summed E-state index contributed by atoms with van der Waals surface area (Å²) >= 11 is 0. The SMILES string of the molecule is C=CC(=O)CC(c1ccc(OCCCC)cc1)N1CCCC1. The van der Waals surface area contributed by atoms with Crippen molar-refractivity contribution in [2.75, 3.05) is 19.7 Å². The highest BCUT2D eigenvalue weighted by Gasteiger charge is 2.24. The molecule has 22 heavy (non-hydrogen) atoms. The molecule has 1 heterocycles. The van der Waals surface area contributed by atoms with Crippen LogP contribution in [0.25, 0.3) is 0 Å². The van der Waals surface area contributed by atoms with Crippen LogP contribution < -0.4 is 4.74 Å². The summed E-state index contributed by atoms with van der Waals surface area (Å²) in [5.74, 6) is 1.02. The first kappa shape index (κ1) is 16.8. The minimum Gasteiger partial charge on any atom is -0.494 e. The second-order valence-corrected chi connectivity index (χ2v) is 5.90. The minimum atomic E-state index is 0.111. The Morgan fingerprint density at radius 2 is 2.00 bits per heavy atom. The highest BCUT2D eigenvalue weighted by molar-refractivity contribution is 5.89. The van der Waals surface area contributed by atoms with Gasteiger partial charge in [0, 0.05) is 12.5 Å². The van der Waals surface area contributed by atoms with Crippen molar-refractivity contribution in [2.24, 2.45) is 0 Å². The lowest BCUT2D eigenvalue weighted by Gasteiger charge is -2.27. The van der Waals surface area contributed by atoms with Crippen LogP contribution in [0.1, 0.15) is 50.6 Å². The lowest BCUT2D eigenvalue weighted by molar-refractivity contribution is -0.115. The lowest BCUT2D eigenvalue weighted by Crippen LogP contribution is -2.27. The van der Waals surface area contributed by atoms with Crippen LogP contribution in [-0.4, -0.2) is 30.4 Å². The molecule has 0 aliphatic carbocycles. The fourth-order valence-electron chi connectivity index (χ4n) is 2.91. The van der Waals surface area contributed by atoms with Crippen LogP contribution >= 0.6 is 0 Å². The van der Waals surface area contributed by atoms with Crippen LogP contribution in [0.3, 0.4) is 0 Å². The van der Waals surface area contributed by atoms with E-state index in [1.54, 1.807) is 0 Å². The lowest BCUT2D eigenvalue weighted by atomic mass is 9.99. The van der Waals surface area contributed by atoms with Crippen LogP contribution in [0, 0.1) is 0 Å². The molecule has 1 aromatic carbocycles. The van der Waals surface area contributed by atoms with Crippen molar-refractivity contribution >= 4 is 5.78 Å². The van der Waals surface area contributed by atoms with Gasteiger partial charge < -0.3 is 4.74 Å². The molecular weight excluding hydrogens is 274 g/mol.